The molecule has 2 amide bonds. The number of carboxylic acid groups (broad SMARTS) is 1. The van der Waals surface area contributed by atoms with E-state index in [1.807, 2.05) is 4.90 Å². The number of piperidine rings is 1. The van der Waals surface area contributed by atoms with Crippen molar-refractivity contribution >= 4 is 12.0 Å². The first-order chi connectivity index (χ1) is 8.03. The molecule has 2 saturated heterocycles. The Morgan fingerprint density at radius 3 is 2.24 bits per heavy atom. The molecule has 2 aliphatic rings. The lowest BCUT2D eigenvalue weighted by atomic mass is 9.90. The van der Waals surface area contributed by atoms with E-state index in [4.69, 9.17) is 5.11 Å². The van der Waals surface area contributed by atoms with Gasteiger partial charge in [-0.2, -0.15) is 0 Å². The SMILES string of the molecule is CC1(C(=O)O)CCN(C(=O)N2CCCCC2)C1. The lowest BCUT2D eigenvalue weighted by Crippen LogP contribution is -2.45. The predicted octanol–water partition coefficient (Wildman–Crippen LogP) is 1.39. The van der Waals surface area contributed by atoms with Crippen molar-refractivity contribution in [2.24, 2.45) is 5.41 Å². The van der Waals surface area contributed by atoms with Crippen molar-refractivity contribution in [3.05, 3.63) is 0 Å². The number of carboxylic acids is 1. The lowest BCUT2D eigenvalue weighted by molar-refractivity contribution is -0.147. The summed E-state index contributed by atoms with van der Waals surface area (Å²) in [5, 5.41) is 9.13. The number of rotatable bonds is 1. The van der Waals surface area contributed by atoms with Crippen LogP contribution in [0.4, 0.5) is 4.79 Å². The molecule has 0 aromatic carbocycles. The van der Waals surface area contributed by atoms with E-state index in [1.54, 1.807) is 11.8 Å². The Morgan fingerprint density at radius 1 is 1.06 bits per heavy atom. The molecule has 1 N–H and O–H groups in total. The molecule has 2 rings (SSSR count). The molecule has 0 aliphatic carbocycles. The third-order valence-corrected chi connectivity index (χ3v) is 3.89. The summed E-state index contributed by atoms with van der Waals surface area (Å²) >= 11 is 0. The number of nitrogens with zero attached hydrogens (tertiary/aromatic N) is 2. The molecule has 0 saturated carbocycles. The van der Waals surface area contributed by atoms with Gasteiger partial charge >= 0.3 is 12.0 Å². The van der Waals surface area contributed by atoms with Gasteiger partial charge in [0.15, 0.2) is 0 Å². The van der Waals surface area contributed by atoms with E-state index in [0.717, 1.165) is 25.9 Å². The van der Waals surface area contributed by atoms with Crippen LogP contribution in [0.1, 0.15) is 32.6 Å². The normalized spacial score (nSPS) is 29.5. The van der Waals surface area contributed by atoms with Crippen LogP contribution in [0, 0.1) is 5.41 Å². The van der Waals surface area contributed by atoms with Crippen molar-refractivity contribution in [3.63, 3.8) is 0 Å². The van der Waals surface area contributed by atoms with Gasteiger partial charge in [-0.15, -0.1) is 0 Å². The van der Waals surface area contributed by atoms with Gasteiger partial charge in [0.2, 0.25) is 0 Å². The minimum Gasteiger partial charge on any atom is -0.481 e. The summed E-state index contributed by atoms with van der Waals surface area (Å²) in [6.45, 7) is 4.27. The summed E-state index contributed by atoms with van der Waals surface area (Å²) in [6, 6.07) is 0.0228. The lowest BCUT2D eigenvalue weighted by Gasteiger charge is -2.31. The summed E-state index contributed by atoms with van der Waals surface area (Å²) in [7, 11) is 0. The van der Waals surface area contributed by atoms with E-state index in [1.165, 1.54) is 6.42 Å². The Hall–Kier alpha value is -1.26. The summed E-state index contributed by atoms with van der Waals surface area (Å²) in [5.74, 6) is -0.800. The summed E-state index contributed by atoms with van der Waals surface area (Å²) in [6.07, 6.45) is 3.88. The molecule has 2 heterocycles. The van der Waals surface area contributed by atoms with Gasteiger partial charge in [0.05, 0.1) is 5.41 Å². The van der Waals surface area contributed by atoms with Gasteiger partial charge in [-0.25, -0.2) is 4.79 Å². The van der Waals surface area contributed by atoms with Gasteiger partial charge in [0.1, 0.15) is 0 Å². The van der Waals surface area contributed by atoms with Gasteiger partial charge in [-0.05, 0) is 32.6 Å². The van der Waals surface area contributed by atoms with Crippen molar-refractivity contribution in [3.8, 4) is 0 Å². The van der Waals surface area contributed by atoms with Gasteiger partial charge in [0.25, 0.3) is 0 Å². The molecule has 5 heteroatoms. The highest BCUT2D eigenvalue weighted by atomic mass is 16.4. The van der Waals surface area contributed by atoms with E-state index in [0.29, 0.717) is 19.5 Å². The van der Waals surface area contributed by atoms with E-state index in [-0.39, 0.29) is 6.03 Å². The highest BCUT2D eigenvalue weighted by molar-refractivity contribution is 5.79. The first kappa shape index (κ1) is 12.2. The fourth-order valence-electron chi connectivity index (χ4n) is 2.58. The van der Waals surface area contributed by atoms with Crippen molar-refractivity contribution < 1.29 is 14.7 Å². The molecule has 1 atom stereocenters. The van der Waals surface area contributed by atoms with Crippen LogP contribution >= 0.6 is 0 Å². The number of hydrogen-bond donors (Lipinski definition) is 1. The zero-order valence-electron chi connectivity index (χ0n) is 10.3. The van der Waals surface area contributed by atoms with Gasteiger partial charge < -0.3 is 14.9 Å². The Kier molecular flexibility index (Phi) is 3.26. The van der Waals surface area contributed by atoms with Crippen LogP contribution in [0.5, 0.6) is 0 Å². The molecule has 0 radical (unpaired) electrons. The maximum Gasteiger partial charge on any atom is 0.320 e. The zero-order valence-corrected chi connectivity index (χ0v) is 10.3. The average molecular weight is 240 g/mol. The Morgan fingerprint density at radius 2 is 1.71 bits per heavy atom. The number of carbonyl (C=O) groups excluding carboxylic acids is 1. The maximum absolute atomic E-state index is 12.2. The molecule has 1 unspecified atom stereocenters. The van der Waals surface area contributed by atoms with E-state index in [2.05, 4.69) is 0 Å². The average Bonchev–Trinajstić information content (AvgIpc) is 2.74. The largest absolute Gasteiger partial charge is 0.481 e. The Balaban J connectivity index is 1.95. The molecule has 0 aromatic heterocycles. The van der Waals surface area contributed by atoms with Crippen LogP contribution in [-0.2, 0) is 4.79 Å². The van der Waals surface area contributed by atoms with E-state index >= 15 is 0 Å². The quantitative estimate of drug-likeness (QED) is 0.753. The number of amides is 2. The predicted molar refractivity (Wildman–Crippen MR) is 62.8 cm³/mol. The van der Waals surface area contributed by atoms with Crippen LogP contribution in [0.15, 0.2) is 0 Å². The van der Waals surface area contributed by atoms with Crippen LogP contribution in [0.3, 0.4) is 0 Å². The third kappa shape index (κ3) is 2.37. The van der Waals surface area contributed by atoms with Gasteiger partial charge in [-0.3, -0.25) is 4.79 Å². The summed E-state index contributed by atoms with van der Waals surface area (Å²) in [4.78, 5) is 26.8. The second-order valence-electron chi connectivity index (χ2n) is 5.37. The van der Waals surface area contributed by atoms with Crippen molar-refractivity contribution in [2.45, 2.75) is 32.6 Å². The van der Waals surface area contributed by atoms with Crippen molar-refractivity contribution in [2.75, 3.05) is 26.2 Å². The number of likely N-dealkylation sites (tertiary alicyclic amines) is 2. The number of urea groups is 1. The summed E-state index contributed by atoms with van der Waals surface area (Å²) in [5.41, 5.74) is -0.758. The van der Waals surface area contributed by atoms with Crippen LogP contribution in [-0.4, -0.2) is 53.1 Å². The van der Waals surface area contributed by atoms with Gasteiger partial charge in [-0.1, -0.05) is 0 Å². The summed E-state index contributed by atoms with van der Waals surface area (Å²) < 4.78 is 0. The standard InChI is InChI=1S/C12H20N2O3/c1-12(10(15)16)5-8-14(9-12)11(17)13-6-3-2-4-7-13/h2-9H2,1H3,(H,15,16). The smallest absolute Gasteiger partial charge is 0.320 e. The fraction of sp³-hybridized carbons (Fsp3) is 0.833. The third-order valence-electron chi connectivity index (χ3n) is 3.89. The molecule has 2 fully saturated rings. The first-order valence-electron chi connectivity index (χ1n) is 6.30. The highest BCUT2D eigenvalue weighted by Gasteiger charge is 2.43. The molecule has 2 aliphatic heterocycles. The number of carbonyl (C=O) groups is 2. The monoisotopic (exact) mass is 240 g/mol. The first-order valence-corrected chi connectivity index (χ1v) is 6.30. The van der Waals surface area contributed by atoms with Crippen molar-refractivity contribution in [1.29, 1.82) is 0 Å². The molecule has 17 heavy (non-hydrogen) atoms. The number of aliphatic carboxylic acids is 1. The topological polar surface area (TPSA) is 60.9 Å². The molecular weight excluding hydrogens is 220 g/mol. The van der Waals surface area contributed by atoms with Gasteiger partial charge in [0, 0.05) is 26.2 Å². The minimum atomic E-state index is -0.800. The van der Waals surface area contributed by atoms with Crippen molar-refractivity contribution in [1.82, 2.24) is 9.80 Å². The van der Waals surface area contributed by atoms with Crippen LogP contribution in [0.2, 0.25) is 0 Å². The molecule has 0 bridgehead atoms. The molecule has 0 aromatic rings. The number of hydrogen-bond acceptors (Lipinski definition) is 2. The Labute approximate surface area is 101 Å². The maximum atomic E-state index is 12.2. The van der Waals surface area contributed by atoms with E-state index < -0.39 is 11.4 Å². The molecule has 0 spiro atoms. The zero-order chi connectivity index (χ0) is 12.5. The van der Waals surface area contributed by atoms with Crippen LogP contribution in [0.25, 0.3) is 0 Å². The highest BCUT2D eigenvalue weighted by Crippen LogP contribution is 2.31. The molecule has 96 valence electrons. The second kappa shape index (κ2) is 4.55. The molecule has 5 nitrogen and oxygen atoms in total. The van der Waals surface area contributed by atoms with Crippen LogP contribution < -0.4 is 0 Å². The van der Waals surface area contributed by atoms with E-state index in [9.17, 15) is 9.59 Å². The fourth-order valence-corrected chi connectivity index (χ4v) is 2.58. The second-order valence-corrected chi connectivity index (χ2v) is 5.37. The molecular formula is C12H20N2O3. The Bertz CT molecular complexity index is 326. The minimum absolute atomic E-state index is 0.0228.